The van der Waals surface area contributed by atoms with Crippen LogP contribution in [0.4, 0.5) is 0 Å². The summed E-state index contributed by atoms with van der Waals surface area (Å²) in [4.78, 5) is 24.1. The molecule has 106 valence electrons. The highest BCUT2D eigenvalue weighted by atomic mass is 16.2. The van der Waals surface area contributed by atoms with Gasteiger partial charge in [0, 0.05) is 13.2 Å². The van der Waals surface area contributed by atoms with Gasteiger partial charge >= 0.3 is 5.69 Å². The topological polar surface area (TPSA) is 54.9 Å². The molecule has 0 bridgehead atoms. The Labute approximate surface area is 110 Å². The molecular formula is C14H28N2O2. The Bertz CT molecular complexity index is 415. The second kappa shape index (κ2) is 15.4. The average molecular weight is 256 g/mol. The first-order valence-corrected chi connectivity index (χ1v) is 6.58. The summed E-state index contributed by atoms with van der Waals surface area (Å²) in [6.45, 7) is 13.8. The molecule has 0 aliphatic rings. The molecule has 1 aromatic rings. The van der Waals surface area contributed by atoms with Crippen LogP contribution in [0, 0.1) is 0 Å². The SMILES string of the molecule is C/C=C/c1cn(C)c(=O)[nH]c1=O.CC.CC.CC. The van der Waals surface area contributed by atoms with Crippen molar-refractivity contribution in [2.75, 3.05) is 0 Å². The largest absolute Gasteiger partial charge is 0.328 e. The van der Waals surface area contributed by atoms with E-state index < -0.39 is 5.69 Å². The Morgan fingerprint density at radius 2 is 1.50 bits per heavy atom. The molecule has 0 saturated carbocycles. The maximum absolute atomic E-state index is 11.1. The molecule has 0 aliphatic heterocycles. The number of hydrogen-bond donors (Lipinski definition) is 1. The molecule has 1 heterocycles. The Balaban J connectivity index is -0.000000328. The molecular weight excluding hydrogens is 228 g/mol. The van der Waals surface area contributed by atoms with Gasteiger partial charge in [-0.2, -0.15) is 0 Å². The molecule has 0 fully saturated rings. The standard InChI is InChI=1S/C8H10N2O2.3C2H6/c1-3-4-6-5-10(2)8(12)9-7(6)11;3*1-2/h3-5H,1-2H3,(H,9,11,12);3*1-2H3/b4-3+;;;. The van der Waals surface area contributed by atoms with Gasteiger partial charge in [0.2, 0.25) is 0 Å². The highest BCUT2D eigenvalue weighted by Crippen LogP contribution is 1.89. The molecule has 0 unspecified atom stereocenters. The van der Waals surface area contributed by atoms with E-state index in [9.17, 15) is 9.59 Å². The molecule has 0 aliphatic carbocycles. The molecule has 18 heavy (non-hydrogen) atoms. The van der Waals surface area contributed by atoms with Gasteiger partial charge in [-0.15, -0.1) is 0 Å². The average Bonchev–Trinajstić information content (AvgIpc) is 2.43. The van der Waals surface area contributed by atoms with Gasteiger partial charge in [0.25, 0.3) is 5.56 Å². The monoisotopic (exact) mass is 256 g/mol. The second-order valence-electron chi connectivity index (χ2n) is 2.45. The second-order valence-corrected chi connectivity index (χ2v) is 2.45. The third-order valence-electron chi connectivity index (χ3n) is 1.48. The van der Waals surface area contributed by atoms with Crippen LogP contribution in [0.3, 0.4) is 0 Å². The van der Waals surface area contributed by atoms with Crippen molar-refractivity contribution in [1.82, 2.24) is 9.55 Å². The first kappa shape index (κ1) is 21.7. The quantitative estimate of drug-likeness (QED) is 0.839. The summed E-state index contributed by atoms with van der Waals surface area (Å²) >= 11 is 0. The van der Waals surface area contributed by atoms with Crippen molar-refractivity contribution in [3.8, 4) is 0 Å². The number of hydrogen-bond acceptors (Lipinski definition) is 2. The fraction of sp³-hybridized carbons (Fsp3) is 0.571. The predicted octanol–water partition coefficient (Wildman–Crippen LogP) is 3.19. The Morgan fingerprint density at radius 1 is 1.06 bits per heavy atom. The van der Waals surface area contributed by atoms with Crippen molar-refractivity contribution < 1.29 is 0 Å². The zero-order valence-corrected chi connectivity index (χ0v) is 13.0. The summed E-state index contributed by atoms with van der Waals surface area (Å²) in [5.74, 6) is 0. The first-order valence-electron chi connectivity index (χ1n) is 6.58. The van der Waals surface area contributed by atoms with Crippen LogP contribution < -0.4 is 11.2 Å². The fourth-order valence-corrected chi connectivity index (χ4v) is 0.882. The van der Waals surface area contributed by atoms with E-state index in [-0.39, 0.29) is 5.56 Å². The van der Waals surface area contributed by atoms with E-state index in [2.05, 4.69) is 4.98 Å². The maximum atomic E-state index is 11.1. The van der Waals surface area contributed by atoms with Crippen LogP contribution in [0.25, 0.3) is 6.08 Å². The smallest absolute Gasteiger partial charge is 0.303 e. The summed E-state index contributed by atoms with van der Waals surface area (Å²) in [6.07, 6.45) is 4.90. The van der Waals surface area contributed by atoms with Gasteiger partial charge in [-0.1, -0.05) is 53.7 Å². The van der Waals surface area contributed by atoms with Crippen LogP contribution in [0.2, 0.25) is 0 Å². The van der Waals surface area contributed by atoms with Crippen LogP contribution in [-0.2, 0) is 7.05 Å². The van der Waals surface area contributed by atoms with Gasteiger partial charge in [-0.05, 0) is 6.92 Å². The number of H-pyrrole nitrogens is 1. The molecule has 4 heteroatoms. The number of nitrogens with one attached hydrogen (secondary N) is 1. The first-order chi connectivity index (χ1) is 8.65. The van der Waals surface area contributed by atoms with Crippen molar-refractivity contribution in [3.63, 3.8) is 0 Å². The molecule has 0 amide bonds. The molecule has 0 radical (unpaired) electrons. The van der Waals surface area contributed by atoms with Crippen LogP contribution in [0.1, 0.15) is 54.0 Å². The van der Waals surface area contributed by atoms with Crippen molar-refractivity contribution in [3.05, 3.63) is 38.7 Å². The van der Waals surface area contributed by atoms with Gasteiger partial charge in [0.1, 0.15) is 0 Å². The van der Waals surface area contributed by atoms with E-state index in [0.717, 1.165) is 0 Å². The number of rotatable bonds is 1. The number of allylic oxidation sites excluding steroid dienone is 1. The van der Waals surface area contributed by atoms with E-state index in [1.54, 1.807) is 19.2 Å². The molecule has 1 N–H and O–H groups in total. The molecule has 0 spiro atoms. The highest BCUT2D eigenvalue weighted by Gasteiger charge is 1.96. The van der Waals surface area contributed by atoms with Gasteiger partial charge < -0.3 is 4.57 Å². The van der Waals surface area contributed by atoms with E-state index in [4.69, 9.17) is 0 Å². The highest BCUT2D eigenvalue weighted by molar-refractivity contribution is 5.45. The molecule has 0 aromatic carbocycles. The van der Waals surface area contributed by atoms with Crippen molar-refractivity contribution in [1.29, 1.82) is 0 Å². The number of nitrogens with zero attached hydrogens (tertiary/aromatic N) is 1. The van der Waals surface area contributed by atoms with Gasteiger partial charge in [-0.3, -0.25) is 9.78 Å². The zero-order valence-electron chi connectivity index (χ0n) is 13.0. The predicted molar refractivity (Wildman–Crippen MR) is 81.1 cm³/mol. The van der Waals surface area contributed by atoms with Crippen molar-refractivity contribution >= 4 is 6.08 Å². The number of aromatic nitrogens is 2. The minimum Gasteiger partial charge on any atom is -0.303 e. The third kappa shape index (κ3) is 8.56. The molecule has 4 nitrogen and oxygen atoms in total. The lowest BCUT2D eigenvalue weighted by Gasteiger charge is -1.96. The fourth-order valence-electron chi connectivity index (χ4n) is 0.882. The van der Waals surface area contributed by atoms with Crippen molar-refractivity contribution in [2.24, 2.45) is 7.05 Å². The van der Waals surface area contributed by atoms with Crippen molar-refractivity contribution in [2.45, 2.75) is 48.5 Å². The lowest BCUT2D eigenvalue weighted by Crippen LogP contribution is -2.28. The molecule has 0 atom stereocenters. The van der Waals surface area contributed by atoms with Gasteiger partial charge in [0.15, 0.2) is 0 Å². The van der Waals surface area contributed by atoms with Crippen LogP contribution in [-0.4, -0.2) is 9.55 Å². The van der Waals surface area contributed by atoms with Crippen LogP contribution in [0.15, 0.2) is 21.9 Å². The normalized spacial score (nSPS) is 8.22. The summed E-state index contributed by atoms with van der Waals surface area (Å²) in [5, 5.41) is 0. The minimum atomic E-state index is -0.395. The number of aryl methyl sites for hydroxylation is 1. The summed E-state index contributed by atoms with van der Waals surface area (Å²) < 4.78 is 1.33. The maximum Gasteiger partial charge on any atom is 0.328 e. The third-order valence-corrected chi connectivity index (χ3v) is 1.48. The summed E-state index contributed by atoms with van der Waals surface area (Å²) in [6, 6.07) is 0. The van der Waals surface area contributed by atoms with Gasteiger partial charge in [0.05, 0.1) is 5.56 Å². The molecule has 1 rings (SSSR count). The molecule has 0 saturated heterocycles. The zero-order chi connectivity index (χ0) is 15.1. The van der Waals surface area contributed by atoms with Crippen LogP contribution in [0.5, 0.6) is 0 Å². The molecule has 1 aromatic heterocycles. The van der Waals surface area contributed by atoms with Crippen LogP contribution >= 0.6 is 0 Å². The van der Waals surface area contributed by atoms with E-state index >= 15 is 0 Å². The van der Waals surface area contributed by atoms with E-state index in [1.807, 2.05) is 48.5 Å². The lowest BCUT2D eigenvalue weighted by atomic mass is 10.3. The minimum absolute atomic E-state index is 0.351. The summed E-state index contributed by atoms with van der Waals surface area (Å²) in [5.41, 5.74) is -0.260. The Kier molecular flexibility index (Phi) is 18.6. The Morgan fingerprint density at radius 3 is 1.89 bits per heavy atom. The summed E-state index contributed by atoms with van der Waals surface area (Å²) in [7, 11) is 1.59. The van der Waals surface area contributed by atoms with E-state index in [0.29, 0.717) is 5.56 Å². The van der Waals surface area contributed by atoms with Gasteiger partial charge in [-0.25, -0.2) is 4.79 Å². The number of aromatic amines is 1. The lowest BCUT2D eigenvalue weighted by molar-refractivity contribution is 0.796. The van der Waals surface area contributed by atoms with E-state index in [1.165, 1.54) is 10.8 Å². The Hall–Kier alpha value is -1.58.